The van der Waals surface area contributed by atoms with Crippen molar-refractivity contribution in [3.63, 3.8) is 0 Å². The zero-order chi connectivity index (χ0) is 15.9. The second-order valence-electron chi connectivity index (χ2n) is 5.52. The van der Waals surface area contributed by atoms with E-state index in [4.69, 9.17) is 4.74 Å². The van der Waals surface area contributed by atoms with Gasteiger partial charge in [-0.1, -0.05) is 0 Å². The number of nitrogens with one attached hydrogen (secondary N) is 1. The number of aromatic nitrogens is 1. The first kappa shape index (κ1) is 16.9. The lowest BCUT2D eigenvalue weighted by Crippen LogP contribution is -2.40. The van der Waals surface area contributed by atoms with Gasteiger partial charge in [-0.15, -0.1) is 11.3 Å². The van der Waals surface area contributed by atoms with Crippen molar-refractivity contribution < 1.29 is 14.3 Å². The lowest BCUT2D eigenvalue weighted by atomic mass is 9.98. The smallest absolute Gasteiger partial charge is 0.248 e. The number of nitrogens with zero attached hydrogens (tertiary/aromatic N) is 2. The van der Waals surface area contributed by atoms with Gasteiger partial charge >= 0.3 is 0 Å². The molecule has 122 valence electrons. The van der Waals surface area contributed by atoms with Crippen LogP contribution in [-0.2, 0) is 20.7 Å². The minimum absolute atomic E-state index is 0.0185. The molecule has 0 saturated carbocycles. The van der Waals surface area contributed by atoms with E-state index < -0.39 is 0 Å². The molecule has 1 aromatic heterocycles. The van der Waals surface area contributed by atoms with Crippen molar-refractivity contribution >= 4 is 23.2 Å². The van der Waals surface area contributed by atoms with Gasteiger partial charge < -0.3 is 15.0 Å². The van der Waals surface area contributed by atoms with Gasteiger partial charge in [0.05, 0.1) is 10.7 Å². The molecule has 0 radical (unpaired) electrons. The Kier molecular flexibility index (Phi) is 6.33. The molecular weight excluding hydrogens is 302 g/mol. The average molecular weight is 325 g/mol. The topological polar surface area (TPSA) is 71.5 Å². The van der Waals surface area contributed by atoms with Crippen LogP contribution in [0.1, 0.15) is 36.4 Å². The minimum Gasteiger partial charge on any atom is -0.375 e. The fourth-order valence-corrected chi connectivity index (χ4v) is 3.59. The lowest BCUT2D eigenvalue weighted by molar-refractivity contribution is -0.136. The number of methoxy groups -OCH3 is 1. The summed E-state index contributed by atoms with van der Waals surface area (Å²) in [5.74, 6) is 0.346. The van der Waals surface area contributed by atoms with E-state index in [0.29, 0.717) is 12.5 Å². The molecule has 1 fully saturated rings. The number of thiazole rings is 1. The van der Waals surface area contributed by atoms with Crippen LogP contribution in [0.5, 0.6) is 0 Å². The number of rotatable bonds is 6. The molecule has 1 aliphatic rings. The summed E-state index contributed by atoms with van der Waals surface area (Å²) < 4.78 is 4.93. The van der Waals surface area contributed by atoms with Gasteiger partial charge in [0, 0.05) is 51.4 Å². The number of ether oxygens (including phenoxy) is 1. The predicted molar refractivity (Wildman–Crippen MR) is 84.9 cm³/mol. The highest BCUT2D eigenvalue weighted by molar-refractivity contribution is 7.09. The Morgan fingerprint density at radius 3 is 3.09 bits per heavy atom. The number of hydrogen-bond donors (Lipinski definition) is 1. The maximum Gasteiger partial charge on any atom is 0.248 e. The van der Waals surface area contributed by atoms with Gasteiger partial charge in [0.15, 0.2) is 0 Å². The molecule has 0 unspecified atom stereocenters. The zero-order valence-electron chi connectivity index (χ0n) is 13.1. The Morgan fingerprint density at radius 1 is 1.55 bits per heavy atom. The molecule has 1 N–H and O–H groups in total. The van der Waals surface area contributed by atoms with E-state index in [9.17, 15) is 9.59 Å². The largest absolute Gasteiger partial charge is 0.375 e. The van der Waals surface area contributed by atoms with Crippen molar-refractivity contribution in [2.75, 3.05) is 33.4 Å². The minimum atomic E-state index is -0.0185. The van der Waals surface area contributed by atoms with Gasteiger partial charge in [-0.2, -0.15) is 0 Å². The maximum absolute atomic E-state index is 11.9. The molecule has 2 heterocycles. The fourth-order valence-electron chi connectivity index (χ4n) is 2.61. The van der Waals surface area contributed by atoms with Gasteiger partial charge in [0.2, 0.25) is 11.8 Å². The van der Waals surface area contributed by atoms with Crippen molar-refractivity contribution in [2.45, 2.75) is 32.1 Å². The summed E-state index contributed by atoms with van der Waals surface area (Å²) in [5, 5.41) is 5.92. The van der Waals surface area contributed by atoms with Crippen LogP contribution in [-0.4, -0.2) is 55.0 Å². The van der Waals surface area contributed by atoms with E-state index >= 15 is 0 Å². The normalized spacial score (nSPS) is 18.3. The summed E-state index contributed by atoms with van der Waals surface area (Å²) in [6.45, 7) is 3.80. The van der Waals surface area contributed by atoms with Crippen molar-refractivity contribution in [1.29, 1.82) is 0 Å². The van der Waals surface area contributed by atoms with E-state index in [2.05, 4.69) is 10.3 Å². The molecule has 0 aliphatic carbocycles. The van der Waals surface area contributed by atoms with E-state index in [0.717, 1.165) is 43.1 Å². The molecule has 1 aromatic rings. The van der Waals surface area contributed by atoms with Crippen LogP contribution >= 0.6 is 11.3 Å². The lowest BCUT2D eigenvalue weighted by Gasteiger charge is -2.31. The Hall–Kier alpha value is -1.47. The molecule has 1 atom stereocenters. The van der Waals surface area contributed by atoms with Crippen LogP contribution in [0.4, 0.5) is 0 Å². The third kappa shape index (κ3) is 4.78. The summed E-state index contributed by atoms with van der Waals surface area (Å²) in [7, 11) is 1.54. The molecule has 6 nitrogen and oxygen atoms in total. The molecule has 22 heavy (non-hydrogen) atoms. The first-order valence-corrected chi connectivity index (χ1v) is 8.43. The second kappa shape index (κ2) is 8.24. The van der Waals surface area contributed by atoms with E-state index in [1.165, 1.54) is 6.92 Å². The molecule has 2 amide bonds. The monoisotopic (exact) mass is 325 g/mol. The number of carbonyl (C=O) groups is 2. The van der Waals surface area contributed by atoms with Crippen LogP contribution < -0.4 is 5.32 Å². The predicted octanol–water partition coefficient (Wildman–Crippen LogP) is 1.17. The standard InChI is InChI=1S/C15H23N3O3S/c1-11(19)16-6-5-13-10-22-15(17-13)12-4-3-7-18(8-12)14(20)9-21-2/h10,12H,3-9H2,1-2H3,(H,16,19)/t12-/m1/s1. The highest BCUT2D eigenvalue weighted by Gasteiger charge is 2.26. The van der Waals surface area contributed by atoms with Gasteiger partial charge in [0.1, 0.15) is 6.61 Å². The average Bonchev–Trinajstić information content (AvgIpc) is 2.96. The van der Waals surface area contributed by atoms with Crippen LogP contribution in [0.3, 0.4) is 0 Å². The summed E-state index contributed by atoms with van der Waals surface area (Å²) >= 11 is 1.65. The first-order chi connectivity index (χ1) is 10.6. The van der Waals surface area contributed by atoms with Crippen molar-refractivity contribution in [2.24, 2.45) is 0 Å². The third-order valence-corrected chi connectivity index (χ3v) is 4.77. The summed E-state index contributed by atoms with van der Waals surface area (Å²) in [4.78, 5) is 29.3. The Morgan fingerprint density at radius 2 is 2.36 bits per heavy atom. The molecule has 0 bridgehead atoms. The number of carbonyl (C=O) groups excluding carboxylic acids is 2. The molecule has 0 aromatic carbocycles. The van der Waals surface area contributed by atoms with Crippen LogP contribution in [0.2, 0.25) is 0 Å². The van der Waals surface area contributed by atoms with E-state index in [-0.39, 0.29) is 18.4 Å². The molecule has 0 spiro atoms. The second-order valence-corrected chi connectivity index (χ2v) is 6.41. The summed E-state index contributed by atoms with van der Waals surface area (Å²) in [6, 6.07) is 0. The van der Waals surface area contributed by atoms with Crippen molar-refractivity contribution in [3.8, 4) is 0 Å². The summed E-state index contributed by atoms with van der Waals surface area (Å²) in [5.41, 5.74) is 1.01. The molecule has 2 rings (SSSR count). The van der Waals surface area contributed by atoms with Gasteiger partial charge in [-0.3, -0.25) is 9.59 Å². The van der Waals surface area contributed by atoms with Crippen LogP contribution in [0.25, 0.3) is 0 Å². The Bertz CT molecular complexity index is 518. The zero-order valence-corrected chi connectivity index (χ0v) is 13.9. The highest BCUT2D eigenvalue weighted by Crippen LogP contribution is 2.29. The molecule has 1 aliphatic heterocycles. The quantitative estimate of drug-likeness (QED) is 0.852. The SMILES string of the molecule is COCC(=O)N1CCC[C@@H](c2nc(CCNC(C)=O)cs2)C1. The Labute approximate surface area is 134 Å². The molecular formula is C15H23N3O3S. The number of amides is 2. The highest BCUT2D eigenvalue weighted by atomic mass is 32.1. The fraction of sp³-hybridized carbons (Fsp3) is 0.667. The van der Waals surface area contributed by atoms with Gasteiger partial charge in [-0.25, -0.2) is 4.98 Å². The maximum atomic E-state index is 11.9. The van der Waals surface area contributed by atoms with Gasteiger partial charge in [-0.05, 0) is 12.8 Å². The van der Waals surface area contributed by atoms with Crippen LogP contribution in [0.15, 0.2) is 5.38 Å². The van der Waals surface area contributed by atoms with E-state index in [1.807, 2.05) is 10.3 Å². The number of likely N-dealkylation sites (tertiary alicyclic amines) is 1. The van der Waals surface area contributed by atoms with Crippen LogP contribution in [0, 0.1) is 0 Å². The summed E-state index contributed by atoms with van der Waals surface area (Å²) in [6.07, 6.45) is 2.81. The van der Waals surface area contributed by atoms with Gasteiger partial charge in [0.25, 0.3) is 0 Å². The number of hydrogen-bond acceptors (Lipinski definition) is 5. The van der Waals surface area contributed by atoms with Crippen molar-refractivity contribution in [1.82, 2.24) is 15.2 Å². The first-order valence-electron chi connectivity index (χ1n) is 7.55. The number of piperidine rings is 1. The van der Waals surface area contributed by atoms with E-state index in [1.54, 1.807) is 18.4 Å². The molecule has 1 saturated heterocycles. The van der Waals surface area contributed by atoms with Crippen molar-refractivity contribution in [3.05, 3.63) is 16.1 Å². The third-order valence-electron chi connectivity index (χ3n) is 3.72. The Balaban J connectivity index is 1.89. The molecule has 7 heteroatoms.